The number of methoxy groups -OCH3 is 1. The van der Waals surface area contributed by atoms with Crippen LogP contribution in [0.5, 0.6) is 5.75 Å². The van der Waals surface area contributed by atoms with Gasteiger partial charge in [0.05, 0.1) is 13.2 Å². The van der Waals surface area contributed by atoms with Gasteiger partial charge in [0.1, 0.15) is 5.75 Å². The van der Waals surface area contributed by atoms with Gasteiger partial charge in [0.15, 0.2) is 0 Å². The van der Waals surface area contributed by atoms with E-state index in [1.807, 2.05) is 18.2 Å². The van der Waals surface area contributed by atoms with Gasteiger partial charge in [-0.3, -0.25) is 0 Å². The summed E-state index contributed by atoms with van der Waals surface area (Å²) in [4.78, 5) is 2.39. The highest BCUT2D eigenvalue weighted by Gasteiger charge is 2.18. The van der Waals surface area contributed by atoms with Crippen LogP contribution in [0.2, 0.25) is 0 Å². The molecule has 1 aliphatic rings. The summed E-state index contributed by atoms with van der Waals surface area (Å²) in [5, 5.41) is 13.7. The summed E-state index contributed by atoms with van der Waals surface area (Å²) in [5.41, 5.74) is 1.20. The van der Waals surface area contributed by atoms with E-state index in [9.17, 15) is 5.11 Å². The lowest BCUT2D eigenvalue weighted by Crippen LogP contribution is -2.43. The molecule has 4 nitrogen and oxygen atoms in total. The number of rotatable bonds is 8. The molecule has 1 aliphatic heterocycles. The maximum atomic E-state index is 10.3. The molecule has 2 unspecified atom stereocenters. The molecule has 0 aliphatic carbocycles. The molecule has 0 saturated carbocycles. The van der Waals surface area contributed by atoms with Gasteiger partial charge in [-0.25, -0.2) is 0 Å². The first kappa shape index (κ1) is 18.2. The van der Waals surface area contributed by atoms with Gasteiger partial charge in [-0.2, -0.15) is 0 Å². The molecule has 1 saturated heterocycles. The smallest absolute Gasteiger partial charge is 0.122 e. The van der Waals surface area contributed by atoms with Crippen LogP contribution in [-0.2, 0) is 6.42 Å². The molecule has 1 aromatic rings. The summed E-state index contributed by atoms with van der Waals surface area (Å²) in [5.74, 6) is 1.77. The van der Waals surface area contributed by atoms with E-state index in [0.29, 0.717) is 12.6 Å². The number of aliphatic hydroxyl groups is 1. The third-order valence-corrected chi connectivity index (χ3v) is 4.77. The number of benzene rings is 1. The van der Waals surface area contributed by atoms with Crippen LogP contribution in [0.4, 0.5) is 0 Å². The molecule has 0 bridgehead atoms. The summed E-state index contributed by atoms with van der Waals surface area (Å²) in [6.07, 6.45) is 3.11. The fourth-order valence-corrected chi connectivity index (χ4v) is 3.22. The van der Waals surface area contributed by atoms with Gasteiger partial charge in [0, 0.05) is 19.1 Å². The summed E-state index contributed by atoms with van der Waals surface area (Å²) in [7, 11) is 1.71. The van der Waals surface area contributed by atoms with Crippen LogP contribution in [0.1, 0.15) is 32.3 Å². The first-order valence-corrected chi connectivity index (χ1v) is 8.84. The molecule has 1 fully saturated rings. The zero-order chi connectivity index (χ0) is 16.7. The Balaban J connectivity index is 1.70. The van der Waals surface area contributed by atoms with E-state index in [2.05, 4.69) is 30.1 Å². The Morgan fingerprint density at radius 2 is 2.00 bits per heavy atom. The molecule has 1 heterocycles. The highest BCUT2D eigenvalue weighted by atomic mass is 16.5. The predicted molar refractivity (Wildman–Crippen MR) is 95.0 cm³/mol. The lowest BCUT2D eigenvalue weighted by molar-refractivity contribution is 0.0892. The minimum absolute atomic E-state index is 0.302. The molecule has 23 heavy (non-hydrogen) atoms. The molecule has 0 amide bonds. The number of aliphatic hydroxyl groups excluding tert-OH is 1. The minimum atomic E-state index is -0.302. The van der Waals surface area contributed by atoms with Crippen molar-refractivity contribution in [2.75, 3.05) is 33.3 Å². The standard InChI is InChI=1S/C19H32N2O2/c1-15-8-10-21(11-9-15)14-18(22)13-20-16(2)12-17-6-4-5-7-19(17)23-3/h4-7,15-16,18,20,22H,8-14H2,1-3H3. The zero-order valence-corrected chi connectivity index (χ0v) is 14.8. The van der Waals surface area contributed by atoms with Crippen molar-refractivity contribution >= 4 is 0 Å². The molecule has 0 aromatic heterocycles. The normalized spacial score (nSPS) is 19.5. The van der Waals surface area contributed by atoms with Crippen LogP contribution in [-0.4, -0.2) is 55.4 Å². The van der Waals surface area contributed by atoms with Crippen LogP contribution in [0.15, 0.2) is 24.3 Å². The van der Waals surface area contributed by atoms with E-state index < -0.39 is 0 Å². The summed E-state index contributed by atoms with van der Waals surface area (Å²) >= 11 is 0. The maximum absolute atomic E-state index is 10.3. The second kappa shape index (κ2) is 9.26. The van der Waals surface area contributed by atoms with Crippen LogP contribution in [0, 0.1) is 5.92 Å². The van der Waals surface area contributed by atoms with Gasteiger partial charge in [0.25, 0.3) is 0 Å². The van der Waals surface area contributed by atoms with Gasteiger partial charge in [-0.15, -0.1) is 0 Å². The van der Waals surface area contributed by atoms with E-state index in [4.69, 9.17) is 4.74 Å². The van der Waals surface area contributed by atoms with Gasteiger partial charge in [0.2, 0.25) is 0 Å². The Morgan fingerprint density at radius 3 is 2.70 bits per heavy atom. The van der Waals surface area contributed by atoms with Crippen molar-refractivity contribution in [2.24, 2.45) is 5.92 Å². The lowest BCUT2D eigenvalue weighted by Gasteiger charge is -2.32. The largest absolute Gasteiger partial charge is 0.496 e. The number of hydrogen-bond donors (Lipinski definition) is 2. The molecular formula is C19H32N2O2. The van der Waals surface area contributed by atoms with Crippen molar-refractivity contribution in [3.8, 4) is 5.75 Å². The Bertz CT molecular complexity index is 458. The Labute approximate surface area is 140 Å². The highest BCUT2D eigenvalue weighted by Crippen LogP contribution is 2.19. The minimum Gasteiger partial charge on any atom is -0.496 e. The van der Waals surface area contributed by atoms with Gasteiger partial charge in [-0.05, 0) is 56.8 Å². The number of nitrogens with zero attached hydrogens (tertiary/aromatic N) is 1. The molecule has 4 heteroatoms. The topological polar surface area (TPSA) is 44.7 Å². The van der Waals surface area contributed by atoms with Gasteiger partial charge >= 0.3 is 0 Å². The monoisotopic (exact) mass is 320 g/mol. The van der Waals surface area contributed by atoms with Crippen molar-refractivity contribution in [2.45, 2.75) is 45.3 Å². The highest BCUT2D eigenvalue weighted by molar-refractivity contribution is 5.33. The number of hydrogen-bond acceptors (Lipinski definition) is 4. The molecule has 2 rings (SSSR count). The summed E-state index contributed by atoms with van der Waals surface area (Å²) in [6, 6.07) is 8.43. The Morgan fingerprint density at radius 1 is 1.30 bits per heavy atom. The van der Waals surface area contributed by atoms with E-state index >= 15 is 0 Å². The molecule has 2 N–H and O–H groups in total. The third-order valence-electron chi connectivity index (χ3n) is 4.77. The summed E-state index contributed by atoms with van der Waals surface area (Å²) < 4.78 is 5.40. The Hall–Kier alpha value is -1.10. The maximum Gasteiger partial charge on any atom is 0.122 e. The number of ether oxygens (including phenoxy) is 1. The van der Waals surface area contributed by atoms with Crippen molar-refractivity contribution < 1.29 is 9.84 Å². The van der Waals surface area contributed by atoms with E-state index in [0.717, 1.165) is 37.7 Å². The quantitative estimate of drug-likeness (QED) is 0.771. The van der Waals surface area contributed by atoms with Gasteiger partial charge < -0.3 is 20.1 Å². The van der Waals surface area contributed by atoms with Crippen LogP contribution in [0.25, 0.3) is 0 Å². The second-order valence-electron chi connectivity index (χ2n) is 6.96. The van der Waals surface area contributed by atoms with Crippen molar-refractivity contribution in [1.29, 1.82) is 0 Å². The fraction of sp³-hybridized carbons (Fsp3) is 0.684. The van der Waals surface area contributed by atoms with Crippen LogP contribution >= 0.6 is 0 Å². The number of likely N-dealkylation sites (tertiary alicyclic amines) is 1. The van der Waals surface area contributed by atoms with E-state index in [-0.39, 0.29) is 6.10 Å². The third kappa shape index (κ3) is 6.13. The molecule has 0 spiro atoms. The molecular weight excluding hydrogens is 288 g/mol. The lowest BCUT2D eigenvalue weighted by atomic mass is 9.99. The number of β-amino-alcohol motifs (C(OH)–C–C–N with tert-alkyl or cyclic N) is 1. The molecule has 130 valence electrons. The first-order chi connectivity index (χ1) is 11.1. The number of piperidine rings is 1. The zero-order valence-electron chi connectivity index (χ0n) is 14.8. The fourth-order valence-electron chi connectivity index (χ4n) is 3.22. The van der Waals surface area contributed by atoms with E-state index in [1.54, 1.807) is 7.11 Å². The Kier molecular flexibility index (Phi) is 7.34. The molecule has 0 radical (unpaired) electrons. The van der Waals surface area contributed by atoms with E-state index in [1.165, 1.54) is 18.4 Å². The number of nitrogens with one attached hydrogen (secondary N) is 1. The van der Waals surface area contributed by atoms with Crippen molar-refractivity contribution in [3.63, 3.8) is 0 Å². The van der Waals surface area contributed by atoms with Gasteiger partial charge in [-0.1, -0.05) is 25.1 Å². The van der Waals surface area contributed by atoms with Crippen LogP contribution in [0.3, 0.4) is 0 Å². The second-order valence-corrected chi connectivity index (χ2v) is 6.96. The average molecular weight is 320 g/mol. The molecule has 1 aromatic carbocycles. The van der Waals surface area contributed by atoms with Crippen molar-refractivity contribution in [3.05, 3.63) is 29.8 Å². The van der Waals surface area contributed by atoms with Crippen LogP contribution < -0.4 is 10.1 Å². The van der Waals surface area contributed by atoms with Crippen molar-refractivity contribution in [1.82, 2.24) is 10.2 Å². The SMILES string of the molecule is COc1ccccc1CC(C)NCC(O)CN1CCC(C)CC1. The first-order valence-electron chi connectivity index (χ1n) is 8.84. The average Bonchev–Trinajstić information content (AvgIpc) is 2.55. The number of para-hydroxylation sites is 1. The molecule has 2 atom stereocenters. The predicted octanol–water partition coefficient (Wildman–Crippen LogP) is 2.31. The summed E-state index contributed by atoms with van der Waals surface area (Å²) in [6.45, 7) is 8.13.